The Labute approximate surface area is 337 Å². The van der Waals surface area contributed by atoms with E-state index in [9.17, 15) is 14.4 Å². The topological polar surface area (TPSA) is 78.9 Å². The molecule has 1 unspecified atom stereocenters. The van der Waals surface area contributed by atoms with E-state index in [-0.39, 0.29) is 37.5 Å². The van der Waals surface area contributed by atoms with Gasteiger partial charge in [-0.25, -0.2) is 0 Å². The van der Waals surface area contributed by atoms with Crippen LogP contribution in [0, 0.1) is 0 Å². The molecular weight excluding hydrogens is 685 g/mol. The van der Waals surface area contributed by atoms with Crippen LogP contribution >= 0.6 is 0 Å². The number of hydrogen-bond acceptors (Lipinski definition) is 6. The van der Waals surface area contributed by atoms with Gasteiger partial charge in [0.15, 0.2) is 6.10 Å². The molecule has 0 amide bonds. The Morgan fingerprint density at radius 3 is 1.42 bits per heavy atom. The van der Waals surface area contributed by atoms with Gasteiger partial charge in [0.1, 0.15) is 13.2 Å². The zero-order valence-electron chi connectivity index (χ0n) is 35.4. The van der Waals surface area contributed by atoms with Crippen LogP contribution in [0.5, 0.6) is 0 Å². The lowest BCUT2D eigenvalue weighted by molar-refractivity contribution is -0.167. The highest BCUT2D eigenvalue weighted by Crippen LogP contribution is 2.12. The van der Waals surface area contributed by atoms with E-state index < -0.39 is 6.10 Å². The van der Waals surface area contributed by atoms with E-state index in [0.29, 0.717) is 19.3 Å². The molecule has 6 heteroatoms. The molecule has 0 heterocycles. The lowest BCUT2D eigenvalue weighted by atomic mass is 10.1. The fourth-order valence-electron chi connectivity index (χ4n) is 5.63. The summed E-state index contributed by atoms with van der Waals surface area (Å²) in [5, 5.41) is 0. The van der Waals surface area contributed by atoms with Gasteiger partial charge in [-0.3, -0.25) is 14.4 Å². The molecule has 6 nitrogen and oxygen atoms in total. The number of rotatable bonds is 38. The van der Waals surface area contributed by atoms with Crippen molar-refractivity contribution in [3.63, 3.8) is 0 Å². The summed E-state index contributed by atoms with van der Waals surface area (Å²) in [4.78, 5) is 37.7. The molecule has 0 N–H and O–H groups in total. The van der Waals surface area contributed by atoms with Crippen LogP contribution in [0.1, 0.15) is 188 Å². The molecule has 0 saturated heterocycles. The third-order valence-corrected chi connectivity index (χ3v) is 8.93. The van der Waals surface area contributed by atoms with Crippen LogP contribution in [0.2, 0.25) is 0 Å². The van der Waals surface area contributed by atoms with Crippen molar-refractivity contribution in [2.24, 2.45) is 0 Å². The fraction of sp³-hybridized carbons (Fsp3) is 0.653. The van der Waals surface area contributed by atoms with Gasteiger partial charge < -0.3 is 14.2 Å². The maximum Gasteiger partial charge on any atom is 0.306 e. The van der Waals surface area contributed by atoms with Crippen LogP contribution in [0.25, 0.3) is 0 Å². The first-order valence-electron chi connectivity index (χ1n) is 22.1. The Bertz CT molecular complexity index is 1110. The molecule has 0 fully saturated rings. The van der Waals surface area contributed by atoms with Crippen molar-refractivity contribution in [1.82, 2.24) is 0 Å². The number of allylic oxidation sites excluding steroid dienone is 14. The molecular formula is C49H80O6. The van der Waals surface area contributed by atoms with E-state index in [0.717, 1.165) is 103 Å². The summed E-state index contributed by atoms with van der Waals surface area (Å²) in [5.74, 6) is -1.01. The minimum Gasteiger partial charge on any atom is -0.462 e. The number of esters is 3. The second kappa shape index (κ2) is 43.3. The van der Waals surface area contributed by atoms with Crippen molar-refractivity contribution < 1.29 is 28.6 Å². The SMILES string of the molecule is CC\C=C/C=C\C=C/CCCCCCCC(=O)OCC(COC(=O)CCC/C=C\C/C=C\C/C=C\CC)OC(=O)CCCCC/C=C\CCCCCCCC. The molecule has 55 heavy (non-hydrogen) atoms. The van der Waals surface area contributed by atoms with E-state index in [1.807, 2.05) is 6.08 Å². The van der Waals surface area contributed by atoms with Gasteiger partial charge in [-0.05, 0) is 89.9 Å². The summed E-state index contributed by atoms with van der Waals surface area (Å²) >= 11 is 0. The summed E-state index contributed by atoms with van der Waals surface area (Å²) in [6.07, 6.45) is 54.3. The minimum atomic E-state index is -0.810. The molecule has 0 aromatic carbocycles. The lowest BCUT2D eigenvalue weighted by Crippen LogP contribution is -2.30. The summed E-state index contributed by atoms with van der Waals surface area (Å²) in [7, 11) is 0. The molecule has 1 atom stereocenters. The van der Waals surface area contributed by atoms with E-state index in [1.165, 1.54) is 38.5 Å². The smallest absolute Gasteiger partial charge is 0.306 e. The maximum atomic E-state index is 12.7. The van der Waals surface area contributed by atoms with E-state index in [4.69, 9.17) is 14.2 Å². The van der Waals surface area contributed by atoms with E-state index in [2.05, 4.69) is 99.8 Å². The molecule has 0 spiro atoms. The summed E-state index contributed by atoms with van der Waals surface area (Å²) in [6, 6.07) is 0. The number of carbonyl (C=O) groups is 3. The van der Waals surface area contributed by atoms with E-state index >= 15 is 0 Å². The third kappa shape index (κ3) is 41.6. The zero-order valence-corrected chi connectivity index (χ0v) is 35.4. The number of hydrogen-bond donors (Lipinski definition) is 0. The Morgan fingerprint density at radius 1 is 0.400 bits per heavy atom. The Hall–Kier alpha value is -3.41. The quantitative estimate of drug-likeness (QED) is 0.0205. The molecule has 0 aliphatic heterocycles. The standard InChI is InChI=1S/C49H80O6/c1-4-7-10-13-16-19-22-24-27-30-33-36-39-42-48(51)54-45-46(44-53-47(50)41-38-35-32-29-26-21-18-15-12-9-6-3)55-49(52)43-40-37-34-31-28-25-23-20-17-14-11-8-5-2/h7,9-10,12-13,16,18-19,21-22,25,28-29,32,46H,4-6,8,11,14-15,17,20,23-24,26-27,30-31,33-45H2,1-3H3/b10-7-,12-9-,16-13-,21-18-,22-19-,28-25-,32-29-. The average Bonchev–Trinajstić information content (AvgIpc) is 3.18. The van der Waals surface area contributed by atoms with Crippen molar-refractivity contribution in [1.29, 1.82) is 0 Å². The normalized spacial score (nSPS) is 12.9. The first kappa shape index (κ1) is 51.6. The second-order valence-electron chi connectivity index (χ2n) is 14.2. The highest BCUT2D eigenvalue weighted by molar-refractivity contribution is 5.71. The Kier molecular flexibility index (Phi) is 40.6. The first-order valence-corrected chi connectivity index (χ1v) is 22.1. The van der Waals surface area contributed by atoms with Gasteiger partial charge in [0.2, 0.25) is 0 Å². The molecule has 0 aromatic heterocycles. The lowest BCUT2D eigenvalue weighted by Gasteiger charge is -2.18. The van der Waals surface area contributed by atoms with Crippen molar-refractivity contribution in [2.75, 3.05) is 13.2 Å². The van der Waals surface area contributed by atoms with Gasteiger partial charge in [0.25, 0.3) is 0 Å². The molecule has 0 radical (unpaired) electrons. The molecule has 0 aliphatic rings. The fourth-order valence-corrected chi connectivity index (χ4v) is 5.63. The molecule has 0 saturated carbocycles. The van der Waals surface area contributed by atoms with Crippen LogP contribution in [-0.4, -0.2) is 37.2 Å². The van der Waals surface area contributed by atoms with Crippen LogP contribution in [0.3, 0.4) is 0 Å². The number of ether oxygens (including phenoxy) is 3. The number of unbranched alkanes of at least 4 members (excludes halogenated alkanes) is 15. The summed E-state index contributed by atoms with van der Waals surface area (Å²) in [6.45, 7) is 6.27. The molecule has 0 aromatic rings. The van der Waals surface area contributed by atoms with E-state index in [1.54, 1.807) is 0 Å². The predicted molar refractivity (Wildman–Crippen MR) is 233 cm³/mol. The Morgan fingerprint density at radius 2 is 0.818 bits per heavy atom. The summed E-state index contributed by atoms with van der Waals surface area (Å²) in [5.41, 5.74) is 0. The maximum absolute atomic E-state index is 12.7. The average molecular weight is 765 g/mol. The minimum absolute atomic E-state index is 0.110. The van der Waals surface area contributed by atoms with Crippen molar-refractivity contribution in [2.45, 2.75) is 194 Å². The van der Waals surface area contributed by atoms with Gasteiger partial charge in [0.05, 0.1) is 0 Å². The van der Waals surface area contributed by atoms with Crippen LogP contribution in [0.4, 0.5) is 0 Å². The predicted octanol–water partition coefficient (Wildman–Crippen LogP) is 14.1. The van der Waals surface area contributed by atoms with Gasteiger partial charge in [-0.2, -0.15) is 0 Å². The van der Waals surface area contributed by atoms with Crippen LogP contribution in [-0.2, 0) is 28.6 Å². The molecule has 0 bridgehead atoms. The van der Waals surface area contributed by atoms with Crippen molar-refractivity contribution in [3.8, 4) is 0 Å². The highest BCUT2D eigenvalue weighted by Gasteiger charge is 2.19. The van der Waals surface area contributed by atoms with Crippen LogP contribution < -0.4 is 0 Å². The zero-order chi connectivity index (χ0) is 40.1. The molecule has 0 aliphatic carbocycles. The summed E-state index contributed by atoms with van der Waals surface area (Å²) < 4.78 is 16.6. The third-order valence-electron chi connectivity index (χ3n) is 8.93. The second-order valence-corrected chi connectivity index (χ2v) is 14.2. The number of carbonyl (C=O) groups excluding carboxylic acids is 3. The monoisotopic (exact) mass is 765 g/mol. The van der Waals surface area contributed by atoms with Crippen molar-refractivity contribution >= 4 is 17.9 Å². The first-order chi connectivity index (χ1) is 27.0. The van der Waals surface area contributed by atoms with Gasteiger partial charge >= 0.3 is 17.9 Å². The van der Waals surface area contributed by atoms with Crippen LogP contribution in [0.15, 0.2) is 85.1 Å². The van der Waals surface area contributed by atoms with Gasteiger partial charge in [-0.1, -0.05) is 164 Å². The molecule has 0 rings (SSSR count). The Balaban J connectivity index is 4.51. The highest BCUT2D eigenvalue weighted by atomic mass is 16.6. The van der Waals surface area contributed by atoms with Gasteiger partial charge in [-0.15, -0.1) is 0 Å². The largest absolute Gasteiger partial charge is 0.462 e. The molecule has 312 valence electrons. The van der Waals surface area contributed by atoms with Crippen molar-refractivity contribution in [3.05, 3.63) is 85.1 Å². The van der Waals surface area contributed by atoms with Gasteiger partial charge in [0, 0.05) is 19.3 Å².